The number of ether oxygens (including phenoxy) is 6. The Balaban J connectivity index is 1.34. The predicted octanol–water partition coefficient (Wildman–Crippen LogP) is -1.19. The fraction of sp³-hybridized carbons (Fsp3) is 0.947. The van der Waals surface area contributed by atoms with Crippen molar-refractivity contribution in [2.45, 2.75) is 171 Å². The Morgan fingerprint density at radius 2 is 1.15 bits per heavy atom. The van der Waals surface area contributed by atoms with Crippen molar-refractivity contribution in [3.05, 3.63) is 12.2 Å². The summed E-state index contributed by atoms with van der Waals surface area (Å²) in [6.45, 7) is 12.0. The zero-order chi connectivity index (χ0) is 39.5. The molecule has 16 heteroatoms. The molecular formula is C38H64O16. The summed E-state index contributed by atoms with van der Waals surface area (Å²) < 4.78 is 36.4. The molecule has 6 rings (SSSR count). The molecule has 0 aromatic heterocycles. The molecule has 0 aromatic carbocycles. The van der Waals surface area contributed by atoms with E-state index in [1.165, 1.54) is 0 Å². The molecule has 0 spiro atoms. The average molecular weight is 777 g/mol. The lowest BCUT2D eigenvalue weighted by Crippen LogP contribution is -2.67. The fourth-order valence-corrected chi connectivity index (χ4v) is 11.1. The maximum Gasteiger partial charge on any atom is 0.187 e. The van der Waals surface area contributed by atoms with Crippen LogP contribution < -0.4 is 0 Å². The summed E-state index contributed by atoms with van der Waals surface area (Å²) >= 11 is 0. The van der Waals surface area contributed by atoms with E-state index in [0.29, 0.717) is 6.42 Å². The zero-order valence-electron chi connectivity index (χ0n) is 31.9. The van der Waals surface area contributed by atoms with Gasteiger partial charge in [-0.3, -0.25) is 0 Å². The number of allylic oxidation sites excluding steroid dienone is 1. The van der Waals surface area contributed by atoms with Gasteiger partial charge in [0.25, 0.3) is 0 Å². The second-order valence-electron chi connectivity index (χ2n) is 18.0. The molecule has 10 N–H and O–H groups in total. The molecule has 3 aliphatic carbocycles. The second kappa shape index (κ2) is 16.0. The molecule has 7 unspecified atom stereocenters. The van der Waals surface area contributed by atoms with E-state index in [4.69, 9.17) is 28.4 Å². The minimum Gasteiger partial charge on any atom is -0.394 e. The third-order valence-electron chi connectivity index (χ3n) is 14.9. The molecule has 54 heavy (non-hydrogen) atoms. The SMILES string of the molecule is C=C1CC[C@H]2C3(C)CCCC(C)(C)[C@@]3(C)CC[C@]2(CO[C@@H]2OC(CO)[C@@H](O)C(O[C@@H]3OC(CO)[C@@H](O)C(O)[C@H]3O)[C@H]2O[C@@H]2OC(CO)[C@@H](O)C(O)[C@H]2O)C1. The molecule has 6 aliphatic rings. The zero-order valence-corrected chi connectivity index (χ0v) is 31.9. The highest BCUT2D eigenvalue weighted by atomic mass is 16.8. The highest BCUT2D eigenvalue weighted by Crippen LogP contribution is 2.73. The topological polar surface area (TPSA) is 258 Å². The van der Waals surface area contributed by atoms with Crippen LogP contribution in [-0.4, -0.2) is 170 Å². The third kappa shape index (κ3) is 7.13. The van der Waals surface area contributed by atoms with Crippen LogP contribution in [0.15, 0.2) is 12.2 Å². The number of rotatable bonds is 10. The first-order valence-electron chi connectivity index (χ1n) is 19.5. The van der Waals surface area contributed by atoms with E-state index < -0.39 is 112 Å². The standard InChI is InChI=1S/C38H64O16/c1-18-7-8-22-36(4)10-6-9-35(2,3)37(36,5)11-12-38(22,13-18)17-49-34-31(54-33-29(48)27(46)24(43)20(15-40)51-33)30(25(44)21(16-41)52-34)53-32-28(47)26(45)23(42)19(14-39)50-32/h19-34,39-48H,1,6-17H2,2-5H3/t19?,20?,21?,22-,23+,24+,25+,26?,27?,28+,29+,30?,31+,32-,33-,34+,36?,37+,38+/m0/s1. The minimum atomic E-state index is -1.87. The molecule has 0 bridgehead atoms. The van der Waals surface area contributed by atoms with E-state index >= 15 is 0 Å². The van der Waals surface area contributed by atoms with Crippen molar-refractivity contribution in [3.8, 4) is 0 Å². The largest absolute Gasteiger partial charge is 0.394 e. The van der Waals surface area contributed by atoms with Crippen LogP contribution in [-0.2, 0) is 28.4 Å². The van der Waals surface area contributed by atoms with Gasteiger partial charge in [-0.1, -0.05) is 46.3 Å². The number of hydrogen-bond donors (Lipinski definition) is 10. The summed E-state index contributed by atoms with van der Waals surface area (Å²) in [5.74, 6) is 0.252. The fourth-order valence-electron chi connectivity index (χ4n) is 11.1. The summed E-state index contributed by atoms with van der Waals surface area (Å²) in [4.78, 5) is 0. The molecule has 19 atom stereocenters. The summed E-state index contributed by atoms with van der Waals surface area (Å²) in [6.07, 6.45) is -16.9. The summed E-state index contributed by atoms with van der Waals surface area (Å²) in [6, 6.07) is 0. The van der Waals surface area contributed by atoms with Gasteiger partial charge >= 0.3 is 0 Å². The first-order chi connectivity index (χ1) is 25.4. The molecule has 0 radical (unpaired) electrons. The molecule has 3 heterocycles. The molecule has 3 saturated carbocycles. The Hall–Kier alpha value is -0.900. The van der Waals surface area contributed by atoms with Crippen LogP contribution in [0.2, 0.25) is 0 Å². The molecule has 0 aromatic rings. The Morgan fingerprint density at radius 3 is 1.70 bits per heavy atom. The first-order valence-corrected chi connectivity index (χ1v) is 19.5. The normalized spacial score (nSPS) is 52.4. The van der Waals surface area contributed by atoms with Gasteiger partial charge in [0.15, 0.2) is 18.9 Å². The summed E-state index contributed by atoms with van der Waals surface area (Å²) in [5, 5.41) is 105. The van der Waals surface area contributed by atoms with Crippen LogP contribution in [0, 0.1) is 27.6 Å². The van der Waals surface area contributed by atoms with Crippen molar-refractivity contribution in [1.29, 1.82) is 0 Å². The third-order valence-corrected chi connectivity index (χ3v) is 14.9. The lowest BCUT2D eigenvalue weighted by Gasteiger charge is -2.70. The van der Waals surface area contributed by atoms with Crippen molar-refractivity contribution in [2.24, 2.45) is 27.6 Å². The van der Waals surface area contributed by atoms with Gasteiger partial charge in [-0.2, -0.15) is 0 Å². The molecule has 0 amide bonds. The van der Waals surface area contributed by atoms with Gasteiger partial charge < -0.3 is 79.5 Å². The molecule has 6 fully saturated rings. The van der Waals surface area contributed by atoms with Gasteiger partial charge in [0.05, 0.1) is 26.4 Å². The Labute approximate surface area is 316 Å². The molecule has 16 nitrogen and oxygen atoms in total. The average Bonchev–Trinajstić information content (AvgIpc) is 3.13. The maximum absolute atomic E-state index is 11.6. The van der Waals surface area contributed by atoms with E-state index in [0.717, 1.165) is 50.5 Å². The van der Waals surface area contributed by atoms with Crippen molar-refractivity contribution in [1.82, 2.24) is 0 Å². The lowest BCUT2D eigenvalue weighted by molar-refractivity contribution is -0.394. The predicted molar refractivity (Wildman–Crippen MR) is 187 cm³/mol. The van der Waals surface area contributed by atoms with Gasteiger partial charge in [0, 0.05) is 5.41 Å². The van der Waals surface area contributed by atoms with Crippen LogP contribution in [0.25, 0.3) is 0 Å². The van der Waals surface area contributed by atoms with Crippen LogP contribution in [0.4, 0.5) is 0 Å². The Kier molecular flexibility index (Phi) is 12.7. The van der Waals surface area contributed by atoms with Gasteiger partial charge in [-0.25, -0.2) is 0 Å². The van der Waals surface area contributed by atoms with Crippen molar-refractivity contribution in [2.75, 3.05) is 26.4 Å². The summed E-state index contributed by atoms with van der Waals surface area (Å²) in [7, 11) is 0. The van der Waals surface area contributed by atoms with Crippen LogP contribution in [0.5, 0.6) is 0 Å². The Morgan fingerprint density at radius 1 is 0.630 bits per heavy atom. The molecule has 3 aliphatic heterocycles. The highest BCUT2D eigenvalue weighted by Gasteiger charge is 2.66. The van der Waals surface area contributed by atoms with Gasteiger partial charge in [-0.05, 0) is 67.1 Å². The lowest BCUT2D eigenvalue weighted by atomic mass is 9.35. The molecular weight excluding hydrogens is 712 g/mol. The number of hydrogen-bond acceptors (Lipinski definition) is 16. The highest BCUT2D eigenvalue weighted by molar-refractivity contribution is 5.19. The van der Waals surface area contributed by atoms with E-state index in [1.807, 2.05) is 0 Å². The van der Waals surface area contributed by atoms with Crippen molar-refractivity contribution in [3.63, 3.8) is 0 Å². The smallest absolute Gasteiger partial charge is 0.187 e. The number of aliphatic hydroxyl groups excluding tert-OH is 10. The minimum absolute atomic E-state index is 0.0186. The maximum atomic E-state index is 11.6. The molecule has 3 saturated heterocycles. The Bertz CT molecular complexity index is 1300. The number of fused-ring (bicyclic) bond motifs is 3. The van der Waals surface area contributed by atoms with Gasteiger partial charge in [0.2, 0.25) is 0 Å². The number of aliphatic hydroxyl groups is 10. The van der Waals surface area contributed by atoms with E-state index in [2.05, 4.69) is 34.3 Å². The van der Waals surface area contributed by atoms with Crippen molar-refractivity contribution < 1.29 is 79.5 Å². The first kappa shape index (κ1) is 42.7. The van der Waals surface area contributed by atoms with E-state index in [-0.39, 0.29) is 34.2 Å². The van der Waals surface area contributed by atoms with Crippen molar-refractivity contribution >= 4 is 0 Å². The monoisotopic (exact) mass is 776 g/mol. The van der Waals surface area contributed by atoms with Crippen LogP contribution in [0.3, 0.4) is 0 Å². The van der Waals surface area contributed by atoms with E-state index in [9.17, 15) is 51.1 Å². The van der Waals surface area contributed by atoms with Crippen LogP contribution >= 0.6 is 0 Å². The van der Waals surface area contributed by atoms with Crippen LogP contribution in [0.1, 0.15) is 79.1 Å². The summed E-state index contributed by atoms with van der Waals surface area (Å²) in [5.41, 5.74) is 0.917. The molecule has 312 valence electrons. The van der Waals surface area contributed by atoms with Gasteiger partial charge in [-0.15, -0.1) is 0 Å². The van der Waals surface area contributed by atoms with Gasteiger partial charge in [0.1, 0.15) is 73.2 Å². The van der Waals surface area contributed by atoms with E-state index in [1.54, 1.807) is 0 Å². The quantitative estimate of drug-likeness (QED) is 0.117. The second-order valence-corrected chi connectivity index (χ2v) is 18.0.